The molecule has 0 saturated heterocycles. The number of halogens is 4. The summed E-state index contributed by atoms with van der Waals surface area (Å²) < 4.78 is 28.6. The Bertz CT molecular complexity index is 1470. The lowest BCUT2D eigenvalue weighted by Gasteiger charge is -2.33. The molecule has 0 bridgehead atoms. The molecule has 1 N–H and O–H groups in total. The molecule has 40 heavy (non-hydrogen) atoms. The van der Waals surface area contributed by atoms with Gasteiger partial charge in [-0.25, -0.2) is 8.42 Å². The molecule has 0 saturated carbocycles. The molecular formula is C28H29Cl4N3O4S. The summed E-state index contributed by atoms with van der Waals surface area (Å²) >= 11 is 25.0. The number of nitrogens with one attached hydrogen (secondary N) is 1. The number of hydrogen-bond acceptors (Lipinski definition) is 4. The molecule has 3 aromatic rings. The van der Waals surface area contributed by atoms with E-state index in [4.69, 9.17) is 46.4 Å². The molecule has 214 valence electrons. The number of rotatable bonds is 11. The molecule has 7 nitrogen and oxygen atoms in total. The molecule has 0 aliphatic heterocycles. The third-order valence-electron chi connectivity index (χ3n) is 5.96. The predicted octanol–water partition coefficient (Wildman–Crippen LogP) is 6.83. The van der Waals surface area contributed by atoms with Gasteiger partial charge in [0, 0.05) is 12.6 Å². The van der Waals surface area contributed by atoms with Crippen LogP contribution in [0.3, 0.4) is 0 Å². The summed E-state index contributed by atoms with van der Waals surface area (Å²) in [5.74, 6) is -1.00. The topological polar surface area (TPSA) is 86.8 Å². The van der Waals surface area contributed by atoms with Crippen molar-refractivity contribution in [2.45, 2.75) is 50.7 Å². The van der Waals surface area contributed by atoms with Crippen LogP contribution in [-0.2, 0) is 26.2 Å². The van der Waals surface area contributed by atoms with Gasteiger partial charge in [0.25, 0.3) is 10.0 Å². The van der Waals surface area contributed by atoms with Gasteiger partial charge in [-0.2, -0.15) is 0 Å². The zero-order valence-corrected chi connectivity index (χ0v) is 25.9. The number of anilines is 1. The Morgan fingerprint density at radius 3 is 2.15 bits per heavy atom. The molecule has 2 amide bonds. The maximum absolute atomic E-state index is 14.1. The highest BCUT2D eigenvalue weighted by atomic mass is 35.5. The van der Waals surface area contributed by atoms with Crippen molar-refractivity contribution in [1.29, 1.82) is 0 Å². The Labute approximate surface area is 255 Å². The first kappa shape index (κ1) is 32.0. The fraction of sp³-hybridized carbons (Fsp3) is 0.286. The van der Waals surface area contributed by atoms with Crippen molar-refractivity contribution in [1.82, 2.24) is 10.2 Å². The molecule has 0 aromatic heterocycles. The molecule has 3 aromatic carbocycles. The average molecular weight is 645 g/mol. The predicted molar refractivity (Wildman–Crippen MR) is 162 cm³/mol. The summed E-state index contributed by atoms with van der Waals surface area (Å²) in [6.07, 6.45) is 0.273. The Hall–Kier alpha value is -2.49. The second-order valence-electron chi connectivity index (χ2n) is 9.26. The van der Waals surface area contributed by atoms with Crippen LogP contribution in [0, 0.1) is 0 Å². The van der Waals surface area contributed by atoms with Crippen molar-refractivity contribution in [2.75, 3.05) is 10.8 Å². The SMILES string of the molecule is CC[C@H](C(=O)NC(C)C)N(Cc1ccc(Cl)c(Cl)c1)C(=O)CN(c1cccc(Cl)c1Cl)S(=O)(=O)c1ccccc1. The summed E-state index contributed by atoms with van der Waals surface area (Å²) in [5, 5.41) is 3.55. The van der Waals surface area contributed by atoms with Crippen molar-refractivity contribution in [3.05, 3.63) is 92.4 Å². The molecule has 12 heteroatoms. The highest BCUT2D eigenvalue weighted by molar-refractivity contribution is 7.92. The van der Waals surface area contributed by atoms with Gasteiger partial charge in [0.1, 0.15) is 12.6 Å². The number of hydrogen-bond donors (Lipinski definition) is 1. The average Bonchev–Trinajstić information content (AvgIpc) is 2.91. The fourth-order valence-corrected chi connectivity index (χ4v) is 6.27. The van der Waals surface area contributed by atoms with E-state index < -0.39 is 28.5 Å². The lowest BCUT2D eigenvalue weighted by molar-refractivity contribution is -0.140. The quantitative estimate of drug-likeness (QED) is 0.248. The maximum Gasteiger partial charge on any atom is 0.264 e. The highest BCUT2D eigenvalue weighted by Gasteiger charge is 2.34. The standard InChI is InChI=1S/C28H29Cl4N3O4S/c1-4-24(28(37)33-18(2)3)34(16-19-13-14-21(29)23(31)15-19)26(36)17-35(25-12-8-11-22(30)27(25)32)40(38,39)20-9-6-5-7-10-20/h5-15,18,24H,4,16-17H2,1-3H3,(H,33,37)/t24-/m1/s1. The number of sulfonamides is 1. The second kappa shape index (κ2) is 13.9. The van der Waals surface area contributed by atoms with Crippen molar-refractivity contribution in [3.8, 4) is 0 Å². The first-order chi connectivity index (χ1) is 18.9. The van der Waals surface area contributed by atoms with Gasteiger partial charge in [-0.05, 0) is 62.2 Å². The lowest BCUT2D eigenvalue weighted by atomic mass is 10.1. The van der Waals surface area contributed by atoms with E-state index in [0.717, 1.165) is 4.31 Å². The first-order valence-corrected chi connectivity index (χ1v) is 15.4. The second-order valence-corrected chi connectivity index (χ2v) is 12.7. The Morgan fingerprint density at radius 2 is 1.55 bits per heavy atom. The van der Waals surface area contributed by atoms with Crippen LogP contribution >= 0.6 is 46.4 Å². The van der Waals surface area contributed by atoms with E-state index >= 15 is 0 Å². The number of benzene rings is 3. The Morgan fingerprint density at radius 1 is 0.875 bits per heavy atom. The molecule has 0 aliphatic rings. The zero-order chi connectivity index (χ0) is 29.6. The molecule has 0 radical (unpaired) electrons. The van der Waals surface area contributed by atoms with Gasteiger partial charge in [0.2, 0.25) is 11.8 Å². The molecule has 0 unspecified atom stereocenters. The summed E-state index contributed by atoms with van der Waals surface area (Å²) in [6, 6.07) is 16.0. The van der Waals surface area contributed by atoms with E-state index in [9.17, 15) is 18.0 Å². The van der Waals surface area contributed by atoms with Crippen LogP contribution < -0.4 is 9.62 Å². The van der Waals surface area contributed by atoms with Gasteiger partial charge in [-0.15, -0.1) is 0 Å². The molecule has 0 spiro atoms. The van der Waals surface area contributed by atoms with Crippen LogP contribution in [0.5, 0.6) is 0 Å². The minimum atomic E-state index is -4.28. The molecule has 0 fully saturated rings. The van der Waals surface area contributed by atoms with Gasteiger partial charge < -0.3 is 10.2 Å². The van der Waals surface area contributed by atoms with E-state index in [2.05, 4.69) is 5.32 Å². The maximum atomic E-state index is 14.1. The van der Waals surface area contributed by atoms with Crippen LogP contribution in [0.1, 0.15) is 32.8 Å². The number of nitrogens with zero attached hydrogens (tertiary/aromatic N) is 2. The molecule has 0 aliphatic carbocycles. The number of carbonyl (C=O) groups is 2. The number of amides is 2. The van der Waals surface area contributed by atoms with Gasteiger partial charge >= 0.3 is 0 Å². The lowest BCUT2D eigenvalue weighted by Crippen LogP contribution is -2.53. The van der Waals surface area contributed by atoms with Crippen LogP contribution in [0.4, 0.5) is 5.69 Å². The number of carbonyl (C=O) groups excluding carboxylic acids is 2. The Kier molecular flexibility index (Phi) is 11.1. The van der Waals surface area contributed by atoms with E-state index in [-0.39, 0.29) is 50.6 Å². The van der Waals surface area contributed by atoms with E-state index in [1.807, 2.05) is 13.8 Å². The van der Waals surface area contributed by atoms with Crippen LogP contribution in [0.15, 0.2) is 71.6 Å². The summed E-state index contributed by atoms with van der Waals surface area (Å²) in [6.45, 7) is 4.72. The monoisotopic (exact) mass is 643 g/mol. The molecule has 1 atom stereocenters. The van der Waals surface area contributed by atoms with Crippen molar-refractivity contribution in [3.63, 3.8) is 0 Å². The van der Waals surface area contributed by atoms with Crippen LogP contribution in [0.25, 0.3) is 0 Å². The minimum absolute atomic E-state index is 0.0255. The summed E-state index contributed by atoms with van der Waals surface area (Å²) in [7, 11) is -4.28. The van der Waals surface area contributed by atoms with E-state index in [1.165, 1.54) is 29.2 Å². The Balaban J connectivity index is 2.11. The molecule has 3 rings (SSSR count). The fourth-order valence-electron chi connectivity index (χ4n) is 4.05. The van der Waals surface area contributed by atoms with Gasteiger partial charge in [-0.3, -0.25) is 13.9 Å². The zero-order valence-electron chi connectivity index (χ0n) is 22.1. The minimum Gasteiger partial charge on any atom is -0.352 e. The van der Waals surface area contributed by atoms with Crippen LogP contribution in [0.2, 0.25) is 20.1 Å². The van der Waals surface area contributed by atoms with Gasteiger partial charge in [0.15, 0.2) is 0 Å². The van der Waals surface area contributed by atoms with Gasteiger partial charge in [0.05, 0.1) is 30.7 Å². The first-order valence-electron chi connectivity index (χ1n) is 12.4. The summed E-state index contributed by atoms with van der Waals surface area (Å²) in [4.78, 5) is 28.5. The summed E-state index contributed by atoms with van der Waals surface area (Å²) in [5.41, 5.74) is 0.636. The van der Waals surface area contributed by atoms with Crippen molar-refractivity contribution < 1.29 is 18.0 Å². The third kappa shape index (κ3) is 7.62. The van der Waals surface area contributed by atoms with E-state index in [0.29, 0.717) is 10.6 Å². The van der Waals surface area contributed by atoms with E-state index in [1.54, 1.807) is 49.4 Å². The highest BCUT2D eigenvalue weighted by Crippen LogP contribution is 2.35. The van der Waals surface area contributed by atoms with Crippen LogP contribution in [-0.4, -0.2) is 43.8 Å². The largest absolute Gasteiger partial charge is 0.352 e. The van der Waals surface area contributed by atoms with Crippen molar-refractivity contribution >= 4 is 73.9 Å². The smallest absolute Gasteiger partial charge is 0.264 e. The van der Waals surface area contributed by atoms with Gasteiger partial charge in [-0.1, -0.05) is 83.7 Å². The normalized spacial score (nSPS) is 12.2. The molecular weight excluding hydrogens is 616 g/mol. The third-order valence-corrected chi connectivity index (χ3v) is 9.29. The molecule has 0 heterocycles. The van der Waals surface area contributed by atoms with Crippen molar-refractivity contribution in [2.24, 2.45) is 0 Å².